The largest absolute Gasteiger partial charge is 0.390 e. The lowest BCUT2D eigenvalue weighted by Gasteiger charge is -2.60. The molecule has 0 amide bonds. The monoisotopic (exact) mass is 462 g/mol. The van der Waals surface area contributed by atoms with Gasteiger partial charge in [0.1, 0.15) is 0 Å². The molecule has 5 rings (SSSR count). The molecule has 0 aromatic heterocycles. The summed E-state index contributed by atoms with van der Waals surface area (Å²) in [5.41, 5.74) is -9.17. The number of alkyl halides is 11. The van der Waals surface area contributed by atoms with E-state index in [4.69, 9.17) is 4.74 Å². The van der Waals surface area contributed by atoms with Crippen LogP contribution in [0.4, 0.5) is 48.3 Å². The third kappa shape index (κ3) is 2.28. The van der Waals surface area contributed by atoms with Gasteiger partial charge in [-0.15, -0.1) is 0 Å². The zero-order valence-electron chi connectivity index (χ0n) is 15.1. The van der Waals surface area contributed by atoms with Gasteiger partial charge in [-0.2, -0.15) is 43.9 Å². The maximum absolute atomic E-state index is 14.9. The highest BCUT2D eigenvalue weighted by atomic mass is 19.4. The molecule has 0 aromatic rings. The molecule has 0 aliphatic heterocycles. The van der Waals surface area contributed by atoms with Gasteiger partial charge in [-0.05, 0) is 43.9 Å². The van der Waals surface area contributed by atoms with Crippen molar-refractivity contribution in [1.82, 2.24) is 0 Å². The predicted octanol–water partition coefficient (Wildman–Crippen LogP) is 4.99. The Bertz CT molecular complexity index is 706. The molecule has 1 N–H and O–H groups in total. The Kier molecular flexibility index (Phi) is 4.13. The molecule has 2 atom stereocenters. The molecule has 5 aliphatic rings. The van der Waals surface area contributed by atoms with Gasteiger partial charge in [-0.3, -0.25) is 0 Å². The molecule has 5 saturated carbocycles. The SMILES string of the molecule is OC12CC3CC(C1)CC(OCC1(F)C(F)(F)C(F)(F)C(F)(F)C(F)(F)C1(F)F)(C3)C2. The van der Waals surface area contributed by atoms with Gasteiger partial charge in [0.2, 0.25) is 0 Å². The topological polar surface area (TPSA) is 29.5 Å². The predicted molar refractivity (Wildman–Crippen MR) is 76.9 cm³/mol. The quantitative estimate of drug-likeness (QED) is 0.600. The molecule has 0 heterocycles. The molecule has 0 spiro atoms. The number of hydrogen-bond donors (Lipinski definition) is 1. The standard InChI is InChI=1S/C17H17F11O2/c18-12(7-30-11-4-8-1-9(5-11)3-10(29,2-8)6-11)13(19,20)15(23,24)17(27,28)16(25,26)14(12,21)22/h8-9,29H,1-7H2. The van der Waals surface area contributed by atoms with E-state index in [1.165, 1.54) is 0 Å². The lowest BCUT2D eigenvalue weighted by Crippen LogP contribution is -2.84. The van der Waals surface area contributed by atoms with Crippen LogP contribution < -0.4 is 0 Å². The van der Waals surface area contributed by atoms with Crippen molar-refractivity contribution in [2.45, 2.75) is 85.0 Å². The molecule has 174 valence electrons. The van der Waals surface area contributed by atoms with Crippen molar-refractivity contribution in [3.05, 3.63) is 0 Å². The summed E-state index contributed by atoms with van der Waals surface area (Å²) in [7, 11) is 0. The van der Waals surface area contributed by atoms with Crippen molar-refractivity contribution in [3.8, 4) is 0 Å². The van der Waals surface area contributed by atoms with Crippen LogP contribution >= 0.6 is 0 Å². The zero-order chi connectivity index (χ0) is 22.8. The van der Waals surface area contributed by atoms with Crippen LogP contribution in [0.1, 0.15) is 38.5 Å². The molecular weight excluding hydrogens is 445 g/mol. The summed E-state index contributed by atoms with van der Waals surface area (Å²) in [6.07, 6.45) is 0.810. The van der Waals surface area contributed by atoms with E-state index in [1.54, 1.807) is 0 Å². The molecule has 5 aliphatic carbocycles. The number of rotatable bonds is 3. The summed E-state index contributed by atoms with van der Waals surface area (Å²) < 4.78 is 157. The van der Waals surface area contributed by atoms with Crippen LogP contribution in [0.3, 0.4) is 0 Å². The normalized spacial score (nSPS) is 46.0. The second-order valence-corrected chi connectivity index (χ2v) is 9.33. The fraction of sp³-hybridized carbons (Fsp3) is 1.00. The summed E-state index contributed by atoms with van der Waals surface area (Å²) in [5, 5.41) is 10.5. The first-order valence-electron chi connectivity index (χ1n) is 9.22. The Morgan fingerprint density at radius 3 is 1.43 bits per heavy atom. The summed E-state index contributed by atoms with van der Waals surface area (Å²) >= 11 is 0. The van der Waals surface area contributed by atoms with Gasteiger partial charge in [-0.25, -0.2) is 4.39 Å². The number of hydrogen-bond acceptors (Lipinski definition) is 2. The minimum Gasteiger partial charge on any atom is -0.390 e. The van der Waals surface area contributed by atoms with Gasteiger partial charge in [-0.1, -0.05) is 0 Å². The van der Waals surface area contributed by atoms with E-state index in [1.807, 2.05) is 0 Å². The van der Waals surface area contributed by atoms with Crippen molar-refractivity contribution >= 4 is 0 Å². The lowest BCUT2D eigenvalue weighted by atomic mass is 9.52. The van der Waals surface area contributed by atoms with E-state index in [2.05, 4.69) is 0 Å². The Morgan fingerprint density at radius 1 is 0.633 bits per heavy atom. The number of ether oxygens (including phenoxy) is 1. The second-order valence-electron chi connectivity index (χ2n) is 9.33. The first-order valence-corrected chi connectivity index (χ1v) is 9.22. The number of halogens is 11. The van der Waals surface area contributed by atoms with Crippen molar-refractivity contribution < 1.29 is 58.1 Å². The van der Waals surface area contributed by atoms with Crippen LogP contribution in [-0.2, 0) is 4.74 Å². The average molecular weight is 462 g/mol. The van der Waals surface area contributed by atoms with Crippen LogP contribution in [0.15, 0.2) is 0 Å². The first-order chi connectivity index (χ1) is 13.3. The molecule has 4 bridgehead atoms. The highest BCUT2D eigenvalue weighted by Crippen LogP contribution is 2.70. The Morgan fingerprint density at radius 2 is 1.03 bits per heavy atom. The molecule has 0 aromatic carbocycles. The lowest BCUT2D eigenvalue weighted by molar-refractivity contribution is -0.489. The molecule has 30 heavy (non-hydrogen) atoms. The molecule has 0 radical (unpaired) electrons. The van der Waals surface area contributed by atoms with E-state index < -0.39 is 53.1 Å². The van der Waals surface area contributed by atoms with Crippen molar-refractivity contribution in [2.24, 2.45) is 11.8 Å². The highest BCUT2D eigenvalue weighted by Gasteiger charge is 3.01. The number of aliphatic hydroxyl groups is 1. The molecule has 0 saturated heterocycles. The Balaban J connectivity index is 1.71. The molecule has 5 fully saturated rings. The molecular formula is C17H17F11O2. The minimum absolute atomic E-state index is 0.0119. The highest BCUT2D eigenvalue weighted by molar-refractivity contribution is 5.27. The van der Waals surface area contributed by atoms with Crippen molar-refractivity contribution in [3.63, 3.8) is 0 Å². The minimum atomic E-state index is -7.22. The van der Waals surface area contributed by atoms with E-state index in [0.29, 0.717) is 6.42 Å². The van der Waals surface area contributed by atoms with Crippen LogP contribution in [-0.4, -0.2) is 58.2 Å². The van der Waals surface area contributed by atoms with Crippen molar-refractivity contribution in [2.75, 3.05) is 6.61 Å². The third-order valence-electron chi connectivity index (χ3n) is 7.13. The Hall–Kier alpha value is -0.850. The van der Waals surface area contributed by atoms with E-state index in [0.717, 1.165) is 0 Å². The van der Waals surface area contributed by atoms with Gasteiger partial charge in [0.05, 0.1) is 17.8 Å². The second kappa shape index (κ2) is 5.55. The van der Waals surface area contributed by atoms with Crippen LogP contribution in [0, 0.1) is 11.8 Å². The maximum atomic E-state index is 14.9. The van der Waals surface area contributed by atoms with E-state index in [9.17, 15) is 53.4 Å². The van der Waals surface area contributed by atoms with Gasteiger partial charge in [0, 0.05) is 6.42 Å². The smallest absolute Gasteiger partial charge is 0.384 e. The molecule has 2 unspecified atom stereocenters. The third-order valence-corrected chi connectivity index (χ3v) is 7.13. The van der Waals surface area contributed by atoms with Gasteiger partial charge in [0.25, 0.3) is 5.67 Å². The summed E-state index contributed by atoms with van der Waals surface area (Å²) in [5.74, 6) is -35.7. The molecule has 2 nitrogen and oxygen atoms in total. The van der Waals surface area contributed by atoms with E-state index in [-0.39, 0.29) is 43.9 Å². The maximum Gasteiger partial charge on any atom is 0.384 e. The van der Waals surface area contributed by atoms with Crippen molar-refractivity contribution in [1.29, 1.82) is 0 Å². The van der Waals surface area contributed by atoms with Crippen LogP contribution in [0.5, 0.6) is 0 Å². The Labute approximate surface area is 162 Å². The van der Waals surface area contributed by atoms with Gasteiger partial charge < -0.3 is 9.84 Å². The fourth-order valence-electron chi connectivity index (χ4n) is 6.02. The van der Waals surface area contributed by atoms with Gasteiger partial charge >= 0.3 is 29.6 Å². The van der Waals surface area contributed by atoms with E-state index >= 15 is 0 Å². The first kappa shape index (κ1) is 22.3. The average Bonchev–Trinajstić information content (AvgIpc) is 2.55. The van der Waals surface area contributed by atoms with Crippen LogP contribution in [0.2, 0.25) is 0 Å². The summed E-state index contributed by atoms with van der Waals surface area (Å²) in [6.45, 7) is -2.66. The summed E-state index contributed by atoms with van der Waals surface area (Å²) in [4.78, 5) is 0. The summed E-state index contributed by atoms with van der Waals surface area (Å²) in [6, 6.07) is 0. The van der Waals surface area contributed by atoms with Gasteiger partial charge in [0.15, 0.2) is 0 Å². The van der Waals surface area contributed by atoms with Crippen LogP contribution in [0.25, 0.3) is 0 Å². The zero-order valence-corrected chi connectivity index (χ0v) is 15.1. The fourth-order valence-corrected chi connectivity index (χ4v) is 6.02. The molecule has 13 heteroatoms.